The number of nitrogens with one attached hydrogen (secondary N) is 1. The zero-order valence-corrected chi connectivity index (χ0v) is 9.97. The molecule has 17 heavy (non-hydrogen) atoms. The van der Waals surface area contributed by atoms with E-state index in [1.54, 1.807) is 4.68 Å². The number of ether oxygens (including phenoxy) is 1. The summed E-state index contributed by atoms with van der Waals surface area (Å²) in [7, 11) is 1.91. The molecule has 0 unspecified atom stereocenters. The Morgan fingerprint density at radius 2 is 2.12 bits per heavy atom. The lowest BCUT2D eigenvalue weighted by Crippen LogP contribution is -2.06. The molecule has 4 heteroatoms. The van der Waals surface area contributed by atoms with Crippen LogP contribution in [0.2, 0.25) is 0 Å². The van der Waals surface area contributed by atoms with Crippen LogP contribution in [-0.4, -0.2) is 22.9 Å². The number of aromatic nitrogens is 2. The normalized spacial score (nSPS) is 10.2. The Morgan fingerprint density at radius 3 is 2.82 bits per heavy atom. The van der Waals surface area contributed by atoms with Crippen molar-refractivity contribution in [2.45, 2.75) is 6.42 Å². The summed E-state index contributed by atoms with van der Waals surface area (Å²) in [4.78, 5) is 0. The molecule has 2 aromatic rings. The maximum atomic E-state index is 5.59. The van der Waals surface area contributed by atoms with Crippen molar-refractivity contribution < 1.29 is 4.74 Å². The third-order valence-electron chi connectivity index (χ3n) is 2.37. The zero-order chi connectivity index (χ0) is 11.9. The Balaban J connectivity index is 1.61. The van der Waals surface area contributed by atoms with Crippen molar-refractivity contribution in [1.29, 1.82) is 0 Å². The maximum absolute atomic E-state index is 5.59. The van der Waals surface area contributed by atoms with Crippen molar-refractivity contribution in [2.24, 2.45) is 7.05 Å². The minimum absolute atomic E-state index is 0.720. The lowest BCUT2D eigenvalue weighted by molar-refractivity contribution is 0.315. The van der Waals surface area contributed by atoms with E-state index in [-0.39, 0.29) is 0 Å². The van der Waals surface area contributed by atoms with E-state index in [0.29, 0.717) is 0 Å². The van der Waals surface area contributed by atoms with Crippen LogP contribution in [0, 0.1) is 0 Å². The molecule has 90 valence electrons. The number of benzene rings is 1. The molecular weight excluding hydrogens is 214 g/mol. The van der Waals surface area contributed by atoms with Crippen LogP contribution in [0.1, 0.15) is 6.42 Å². The topological polar surface area (TPSA) is 39.1 Å². The van der Waals surface area contributed by atoms with Crippen LogP contribution in [0.15, 0.2) is 42.7 Å². The summed E-state index contributed by atoms with van der Waals surface area (Å²) in [5.74, 6) is 0.925. The molecule has 0 aliphatic heterocycles. The number of rotatable bonds is 6. The summed E-state index contributed by atoms with van der Waals surface area (Å²) in [5, 5.41) is 7.37. The summed E-state index contributed by atoms with van der Waals surface area (Å²) in [6.45, 7) is 1.61. The first-order valence-electron chi connectivity index (χ1n) is 5.75. The van der Waals surface area contributed by atoms with Gasteiger partial charge in [0.2, 0.25) is 0 Å². The summed E-state index contributed by atoms with van der Waals surface area (Å²) in [6.07, 6.45) is 4.74. The van der Waals surface area contributed by atoms with Gasteiger partial charge in [0.1, 0.15) is 5.75 Å². The summed E-state index contributed by atoms with van der Waals surface area (Å²) < 4.78 is 7.37. The smallest absolute Gasteiger partial charge is 0.119 e. The predicted octanol–water partition coefficient (Wildman–Crippen LogP) is 2.30. The molecule has 4 nitrogen and oxygen atoms in total. The Morgan fingerprint density at radius 1 is 1.29 bits per heavy atom. The number of para-hydroxylation sites is 1. The molecule has 0 saturated carbocycles. The first kappa shape index (κ1) is 11.5. The Bertz CT molecular complexity index is 439. The van der Waals surface area contributed by atoms with Gasteiger partial charge < -0.3 is 10.1 Å². The fourth-order valence-electron chi connectivity index (χ4n) is 1.52. The van der Waals surface area contributed by atoms with E-state index in [2.05, 4.69) is 10.4 Å². The Labute approximate surface area is 101 Å². The molecule has 1 aromatic heterocycles. The van der Waals surface area contributed by atoms with Gasteiger partial charge in [-0.05, 0) is 18.6 Å². The largest absolute Gasteiger partial charge is 0.494 e. The van der Waals surface area contributed by atoms with Crippen LogP contribution >= 0.6 is 0 Å². The highest BCUT2D eigenvalue weighted by atomic mass is 16.5. The second-order valence-electron chi connectivity index (χ2n) is 3.84. The zero-order valence-electron chi connectivity index (χ0n) is 9.97. The van der Waals surface area contributed by atoms with E-state index >= 15 is 0 Å². The highest BCUT2D eigenvalue weighted by Crippen LogP contribution is 2.08. The molecule has 0 atom stereocenters. The first-order valence-corrected chi connectivity index (χ1v) is 5.75. The van der Waals surface area contributed by atoms with Gasteiger partial charge in [0.25, 0.3) is 0 Å². The molecule has 0 aliphatic carbocycles. The standard InChI is InChI=1S/C13H17N3O/c1-16-11-12(10-15-16)14-8-5-9-17-13-6-3-2-4-7-13/h2-4,6-7,10-11,14H,5,8-9H2,1H3. The molecule has 0 saturated heterocycles. The highest BCUT2D eigenvalue weighted by molar-refractivity contribution is 5.37. The minimum Gasteiger partial charge on any atom is -0.494 e. The maximum Gasteiger partial charge on any atom is 0.119 e. The quantitative estimate of drug-likeness (QED) is 0.775. The third kappa shape index (κ3) is 3.83. The van der Waals surface area contributed by atoms with Crippen LogP contribution in [-0.2, 0) is 7.05 Å². The average molecular weight is 231 g/mol. The van der Waals surface area contributed by atoms with E-state index in [4.69, 9.17) is 4.74 Å². The second-order valence-corrected chi connectivity index (χ2v) is 3.84. The molecule has 0 fully saturated rings. The van der Waals surface area contributed by atoms with Crippen LogP contribution in [0.5, 0.6) is 5.75 Å². The Kier molecular flexibility index (Phi) is 4.02. The average Bonchev–Trinajstić information content (AvgIpc) is 2.76. The van der Waals surface area contributed by atoms with E-state index < -0.39 is 0 Å². The van der Waals surface area contributed by atoms with E-state index in [0.717, 1.165) is 31.0 Å². The summed E-state index contributed by atoms with van der Waals surface area (Å²) >= 11 is 0. The van der Waals surface area contributed by atoms with Crippen LogP contribution in [0.4, 0.5) is 5.69 Å². The molecule has 0 amide bonds. The van der Waals surface area contributed by atoms with E-state index in [1.165, 1.54) is 0 Å². The molecule has 0 aliphatic rings. The number of hydrogen-bond acceptors (Lipinski definition) is 3. The summed E-state index contributed by atoms with van der Waals surface area (Å²) in [5.41, 5.74) is 1.05. The molecular formula is C13H17N3O. The number of aryl methyl sites for hydroxylation is 1. The van der Waals surface area contributed by atoms with Crippen molar-refractivity contribution >= 4 is 5.69 Å². The molecule has 1 aromatic carbocycles. The lowest BCUT2D eigenvalue weighted by atomic mass is 10.3. The van der Waals surface area contributed by atoms with Gasteiger partial charge in [0.15, 0.2) is 0 Å². The van der Waals surface area contributed by atoms with Gasteiger partial charge in [-0.15, -0.1) is 0 Å². The van der Waals surface area contributed by atoms with Gasteiger partial charge in [-0.1, -0.05) is 18.2 Å². The highest BCUT2D eigenvalue weighted by Gasteiger charge is 1.95. The van der Waals surface area contributed by atoms with Gasteiger partial charge in [-0.3, -0.25) is 4.68 Å². The number of anilines is 1. The molecule has 0 spiro atoms. The molecule has 1 N–H and O–H groups in total. The fraction of sp³-hybridized carbons (Fsp3) is 0.308. The van der Waals surface area contributed by atoms with Gasteiger partial charge in [0.05, 0.1) is 18.5 Å². The van der Waals surface area contributed by atoms with E-state index in [1.807, 2.05) is 49.8 Å². The second kappa shape index (κ2) is 5.94. The van der Waals surface area contributed by atoms with Crippen molar-refractivity contribution in [2.75, 3.05) is 18.5 Å². The SMILES string of the molecule is Cn1cc(NCCCOc2ccccc2)cn1. The van der Waals surface area contributed by atoms with Crippen LogP contribution < -0.4 is 10.1 Å². The van der Waals surface area contributed by atoms with Crippen molar-refractivity contribution in [1.82, 2.24) is 9.78 Å². The van der Waals surface area contributed by atoms with E-state index in [9.17, 15) is 0 Å². The minimum atomic E-state index is 0.720. The van der Waals surface area contributed by atoms with Crippen molar-refractivity contribution in [3.63, 3.8) is 0 Å². The van der Waals surface area contributed by atoms with Crippen molar-refractivity contribution in [3.05, 3.63) is 42.7 Å². The fourth-order valence-corrected chi connectivity index (χ4v) is 1.52. The third-order valence-corrected chi connectivity index (χ3v) is 2.37. The predicted molar refractivity (Wildman–Crippen MR) is 68.3 cm³/mol. The molecule has 2 rings (SSSR count). The lowest BCUT2D eigenvalue weighted by Gasteiger charge is -2.06. The van der Waals surface area contributed by atoms with Gasteiger partial charge in [0, 0.05) is 19.8 Å². The van der Waals surface area contributed by atoms with Gasteiger partial charge in [-0.25, -0.2) is 0 Å². The van der Waals surface area contributed by atoms with Gasteiger partial charge >= 0.3 is 0 Å². The van der Waals surface area contributed by atoms with Crippen LogP contribution in [0.3, 0.4) is 0 Å². The van der Waals surface area contributed by atoms with Gasteiger partial charge in [-0.2, -0.15) is 5.10 Å². The first-order chi connectivity index (χ1) is 8.34. The molecule has 0 bridgehead atoms. The summed E-state index contributed by atoms with van der Waals surface area (Å²) in [6, 6.07) is 9.87. The molecule has 1 heterocycles. The monoisotopic (exact) mass is 231 g/mol. The Hall–Kier alpha value is -1.97. The molecule has 0 radical (unpaired) electrons. The van der Waals surface area contributed by atoms with Crippen molar-refractivity contribution in [3.8, 4) is 5.75 Å². The number of hydrogen-bond donors (Lipinski definition) is 1. The number of nitrogens with zero attached hydrogens (tertiary/aromatic N) is 2. The van der Waals surface area contributed by atoms with Crippen LogP contribution in [0.25, 0.3) is 0 Å².